The van der Waals surface area contributed by atoms with Crippen LogP contribution in [0, 0.1) is 10.1 Å². The molecule has 26 heavy (non-hydrogen) atoms. The van der Waals surface area contributed by atoms with Crippen LogP contribution in [0.4, 0.5) is 5.69 Å². The second-order valence-corrected chi connectivity index (χ2v) is 7.67. The van der Waals surface area contributed by atoms with Crippen LogP contribution in [-0.2, 0) is 14.8 Å². The predicted octanol–water partition coefficient (Wildman–Crippen LogP) is 0.819. The summed E-state index contributed by atoms with van der Waals surface area (Å²) in [6, 6.07) is 3.11. The maximum atomic E-state index is 12.5. The van der Waals surface area contributed by atoms with Gasteiger partial charge < -0.3 is 9.84 Å². The van der Waals surface area contributed by atoms with Crippen LogP contribution in [0.3, 0.4) is 0 Å². The third-order valence-corrected chi connectivity index (χ3v) is 5.92. The fourth-order valence-electron chi connectivity index (χ4n) is 2.93. The van der Waals surface area contributed by atoms with E-state index in [4.69, 9.17) is 9.84 Å². The molecule has 0 bridgehead atoms. The smallest absolute Gasteiger partial charge is 0.317 e. The van der Waals surface area contributed by atoms with Gasteiger partial charge >= 0.3 is 5.97 Å². The van der Waals surface area contributed by atoms with E-state index in [1.54, 1.807) is 4.90 Å². The number of hydrogen-bond donors (Lipinski definition) is 2. The van der Waals surface area contributed by atoms with Crippen molar-refractivity contribution in [1.29, 1.82) is 0 Å². The van der Waals surface area contributed by atoms with Crippen molar-refractivity contribution in [2.75, 3.05) is 20.2 Å². The average Bonchev–Trinajstić information content (AvgIpc) is 2.55. The number of benzene rings is 1. The Labute approximate surface area is 151 Å². The number of carboxylic acids is 1. The number of nitrogens with one attached hydrogen (secondary N) is 1. The molecule has 1 saturated carbocycles. The Bertz CT molecular complexity index is 790. The second-order valence-electron chi connectivity index (χ2n) is 5.99. The van der Waals surface area contributed by atoms with Gasteiger partial charge in [0.05, 0.1) is 24.6 Å². The third-order valence-electron chi connectivity index (χ3n) is 4.35. The summed E-state index contributed by atoms with van der Waals surface area (Å²) in [5, 5.41) is 20.1. The fraction of sp³-hybridized carbons (Fsp3) is 0.533. The lowest BCUT2D eigenvalue weighted by Crippen LogP contribution is -2.54. The van der Waals surface area contributed by atoms with E-state index in [9.17, 15) is 23.3 Å². The number of methoxy groups -OCH3 is 1. The number of carboxylic acid groups (broad SMARTS) is 1. The molecule has 2 N–H and O–H groups in total. The maximum Gasteiger partial charge on any atom is 0.317 e. The Morgan fingerprint density at radius 3 is 2.62 bits per heavy atom. The number of carbonyl (C=O) groups is 1. The summed E-state index contributed by atoms with van der Waals surface area (Å²) >= 11 is 0. The van der Waals surface area contributed by atoms with Crippen LogP contribution in [0.2, 0.25) is 0 Å². The van der Waals surface area contributed by atoms with Crippen molar-refractivity contribution >= 4 is 21.7 Å². The fourth-order valence-corrected chi connectivity index (χ4v) is 4.35. The van der Waals surface area contributed by atoms with Crippen molar-refractivity contribution in [3.63, 3.8) is 0 Å². The van der Waals surface area contributed by atoms with Gasteiger partial charge in [0.1, 0.15) is 5.75 Å². The van der Waals surface area contributed by atoms with Crippen LogP contribution in [0.15, 0.2) is 23.1 Å². The zero-order valence-electron chi connectivity index (χ0n) is 14.4. The number of aliphatic carboxylic acids is 1. The predicted molar refractivity (Wildman–Crippen MR) is 91.7 cm³/mol. The highest BCUT2D eigenvalue weighted by atomic mass is 32.2. The number of nitro benzene ring substituents is 1. The van der Waals surface area contributed by atoms with Crippen LogP contribution in [0.25, 0.3) is 0 Å². The van der Waals surface area contributed by atoms with Gasteiger partial charge in [-0.05, 0) is 31.5 Å². The molecule has 0 heterocycles. The number of rotatable bonds is 9. The first-order valence-corrected chi connectivity index (χ1v) is 9.46. The first-order chi connectivity index (χ1) is 12.2. The molecule has 1 aliphatic rings. The molecule has 0 radical (unpaired) electrons. The summed E-state index contributed by atoms with van der Waals surface area (Å²) in [4.78, 5) is 22.6. The first kappa shape index (κ1) is 20.1. The topological polar surface area (TPSA) is 139 Å². The lowest BCUT2D eigenvalue weighted by Gasteiger charge is -2.42. The average molecular weight is 387 g/mol. The van der Waals surface area contributed by atoms with E-state index in [1.807, 2.05) is 6.92 Å². The molecular formula is C15H21N3O7S. The Morgan fingerprint density at radius 2 is 2.12 bits per heavy atom. The molecule has 0 amide bonds. The highest BCUT2D eigenvalue weighted by molar-refractivity contribution is 7.89. The molecule has 0 aliphatic heterocycles. The monoisotopic (exact) mass is 387 g/mol. The SMILES string of the molecule is CCN(CC(=O)O)C1CC(NS(=O)(=O)c2ccc(OC)cc2[N+](=O)[O-])C1. The molecule has 10 nitrogen and oxygen atoms in total. The van der Waals surface area contributed by atoms with E-state index in [-0.39, 0.29) is 18.3 Å². The molecular weight excluding hydrogens is 366 g/mol. The summed E-state index contributed by atoms with van der Waals surface area (Å²) in [5.74, 6) is -0.753. The molecule has 1 aromatic rings. The van der Waals surface area contributed by atoms with Crippen LogP contribution < -0.4 is 9.46 Å². The van der Waals surface area contributed by atoms with Gasteiger partial charge in [0.25, 0.3) is 5.69 Å². The molecule has 144 valence electrons. The molecule has 1 fully saturated rings. The molecule has 1 aliphatic carbocycles. The summed E-state index contributed by atoms with van der Waals surface area (Å²) in [6.07, 6.45) is 0.897. The van der Waals surface area contributed by atoms with Gasteiger partial charge in [0.15, 0.2) is 4.90 Å². The molecule has 1 aromatic carbocycles. The van der Waals surface area contributed by atoms with E-state index in [1.165, 1.54) is 13.2 Å². The number of nitrogens with zero attached hydrogens (tertiary/aromatic N) is 2. The van der Waals surface area contributed by atoms with Crippen molar-refractivity contribution in [3.8, 4) is 5.75 Å². The molecule has 11 heteroatoms. The molecule has 0 aromatic heterocycles. The molecule has 0 atom stereocenters. The van der Waals surface area contributed by atoms with Crippen LogP contribution >= 0.6 is 0 Å². The van der Waals surface area contributed by atoms with Gasteiger partial charge in [-0.15, -0.1) is 0 Å². The van der Waals surface area contributed by atoms with Gasteiger partial charge in [-0.2, -0.15) is 0 Å². The highest BCUT2D eigenvalue weighted by Gasteiger charge is 2.38. The Kier molecular flexibility index (Phi) is 6.16. The third kappa shape index (κ3) is 4.48. The summed E-state index contributed by atoms with van der Waals surface area (Å²) < 4.78 is 32.4. The molecule has 2 rings (SSSR count). The van der Waals surface area contributed by atoms with Crippen LogP contribution in [0.1, 0.15) is 19.8 Å². The van der Waals surface area contributed by atoms with Gasteiger partial charge in [0, 0.05) is 12.1 Å². The number of hydrogen-bond acceptors (Lipinski definition) is 7. The lowest BCUT2D eigenvalue weighted by molar-refractivity contribution is -0.387. The number of ether oxygens (including phenoxy) is 1. The van der Waals surface area contributed by atoms with Crippen LogP contribution in [0.5, 0.6) is 5.75 Å². The lowest BCUT2D eigenvalue weighted by atomic mass is 9.86. The zero-order chi connectivity index (χ0) is 19.5. The Balaban J connectivity index is 2.09. The minimum Gasteiger partial charge on any atom is -0.497 e. The summed E-state index contributed by atoms with van der Waals surface area (Å²) in [5.41, 5.74) is -0.561. The number of nitro groups is 1. The largest absolute Gasteiger partial charge is 0.497 e. The van der Waals surface area contributed by atoms with E-state index in [0.29, 0.717) is 19.4 Å². The highest BCUT2D eigenvalue weighted by Crippen LogP contribution is 2.31. The summed E-state index contributed by atoms with van der Waals surface area (Å²) in [7, 11) is -2.75. The standard InChI is InChI=1S/C15H21N3O7S/c1-3-17(9-15(19)20)11-6-10(7-11)16-26(23,24)14-5-4-12(25-2)8-13(14)18(21)22/h4-5,8,10-11,16H,3,6-7,9H2,1-2H3,(H,19,20). The zero-order valence-corrected chi connectivity index (χ0v) is 15.2. The van der Waals surface area contributed by atoms with Crippen molar-refractivity contribution in [1.82, 2.24) is 9.62 Å². The van der Waals surface area contributed by atoms with Crippen LogP contribution in [-0.4, -0.2) is 61.6 Å². The summed E-state index contributed by atoms with van der Waals surface area (Å²) in [6.45, 7) is 2.27. The van der Waals surface area contributed by atoms with E-state index < -0.39 is 37.5 Å². The van der Waals surface area contributed by atoms with Crippen molar-refractivity contribution in [2.24, 2.45) is 0 Å². The number of likely N-dealkylation sites (N-methyl/N-ethyl adjacent to an activating group) is 1. The number of sulfonamides is 1. The Hall–Kier alpha value is -2.24. The van der Waals surface area contributed by atoms with Gasteiger partial charge in [-0.25, -0.2) is 13.1 Å². The molecule has 0 saturated heterocycles. The van der Waals surface area contributed by atoms with Gasteiger partial charge in [-0.3, -0.25) is 19.8 Å². The van der Waals surface area contributed by atoms with Gasteiger partial charge in [0.2, 0.25) is 10.0 Å². The van der Waals surface area contributed by atoms with Gasteiger partial charge in [-0.1, -0.05) is 6.92 Å². The molecule has 0 spiro atoms. The second kappa shape index (κ2) is 7.98. The maximum absolute atomic E-state index is 12.5. The minimum absolute atomic E-state index is 0.0327. The normalized spacial score (nSPS) is 19.8. The minimum atomic E-state index is -4.08. The quantitative estimate of drug-likeness (QED) is 0.469. The van der Waals surface area contributed by atoms with E-state index >= 15 is 0 Å². The Morgan fingerprint density at radius 1 is 1.46 bits per heavy atom. The van der Waals surface area contributed by atoms with E-state index in [2.05, 4.69) is 4.72 Å². The van der Waals surface area contributed by atoms with E-state index in [0.717, 1.165) is 12.1 Å². The molecule has 0 unspecified atom stereocenters. The van der Waals surface area contributed by atoms with Crippen molar-refractivity contribution in [3.05, 3.63) is 28.3 Å². The van der Waals surface area contributed by atoms with Crippen molar-refractivity contribution in [2.45, 2.75) is 36.7 Å². The first-order valence-electron chi connectivity index (χ1n) is 7.98. The van der Waals surface area contributed by atoms with Crippen molar-refractivity contribution < 1.29 is 28.0 Å².